The third-order valence-corrected chi connectivity index (χ3v) is 7.62. The third kappa shape index (κ3) is 5.57. The number of pyridine rings is 1. The van der Waals surface area contributed by atoms with Crippen LogP contribution in [-0.4, -0.2) is 55.2 Å². The van der Waals surface area contributed by atoms with E-state index in [0.717, 1.165) is 66.5 Å². The predicted molar refractivity (Wildman–Crippen MR) is 135 cm³/mol. The van der Waals surface area contributed by atoms with Gasteiger partial charge in [0.2, 0.25) is 0 Å². The SMILES string of the molecule is Cc1cc(-c2ccc3c(c2)CCN(CCSc2nnc(-c4ccc(C(F)(F)F)nc4C)n2C)CC3)no1. The van der Waals surface area contributed by atoms with Crippen molar-refractivity contribution in [3.63, 3.8) is 0 Å². The molecule has 0 N–H and O–H groups in total. The number of nitrogens with zero attached hydrogens (tertiary/aromatic N) is 6. The summed E-state index contributed by atoms with van der Waals surface area (Å²) in [5, 5.41) is 13.4. The first-order valence-electron chi connectivity index (χ1n) is 12.0. The zero-order valence-corrected chi connectivity index (χ0v) is 21.7. The maximum absolute atomic E-state index is 13.0. The summed E-state index contributed by atoms with van der Waals surface area (Å²) in [6.45, 7) is 6.30. The molecule has 0 amide bonds. The minimum atomic E-state index is -4.47. The number of thioether (sulfide) groups is 1. The molecule has 4 aromatic rings. The van der Waals surface area contributed by atoms with E-state index < -0.39 is 11.9 Å². The quantitative estimate of drug-likeness (QED) is 0.312. The molecule has 5 rings (SSSR count). The van der Waals surface area contributed by atoms with Crippen LogP contribution in [0.25, 0.3) is 22.6 Å². The topological polar surface area (TPSA) is 72.9 Å². The first-order chi connectivity index (χ1) is 17.7. The number of hydrogen-bond acceptors (Lipinski definition) is 7. The van der Waals surface area contributed by atoms with E-state index in [-0.39, 0.29) is 5.69 Å². The zero-order valence-electron chi connectivity index (χ0n) is 20.8. The maximum Gasteiger partial charge on any atom is 0.433 e. The summed E-state index contributed by atoms with van der Waals surface area (Å²) in [5.74, 6) is 2.13. The Morgan fingerprint density at radius 3 is 2.49 bits per heavy atom. The Morgan fingerprint density at radius 2 is 1.78 bits per heavy atom. The van der Waals surface area contributed by atoms with Gasteiger partial charge < -0.3 is 14.0 Å². The fraction of sp³-hybridized carbons (Fsp3) is 0.385. The standard InChI is InChI=1S/C26H27F3N6OS/c1-16-14-22(33-36-16)20-5-4-18-8-10-35(11-9-19(18)15-20)12-13-37-25-32-31-24(34(25)3)21-6-7-23(26(27,28)29)30-17(21)2/h4-7,14-15H,8-13H2,1-3H3. The van der Waals surface area contributed by atoms with Crippen LogP contribution in [0.3, 0.4) is 0 Å². The van der Waals surface area contributed by atoms with Crippen LogP contribution in [-0.2, 0) is 26.1 Å². The average Bonchev–Trinajstić information content (AvgIpc) is 3.39. The number of rotatable bonds is 6. The van der Waals surface area contributed by atoms with E-state index >= 15 is 0 Å². The Bertz CT molecular complexity index is 1410. The molecule has 194 valence electrons. The largest absolute Gasteiger partial charge is 0.433 e. The van der Waals surface area contributed by atoms with Crippen LogP contribution in [0.1, 0.15) is 28.3 Å². The third-order valence-electron chi connectivity index (χ3n) is 6.62. The molecule has 1 aromatic carbocycles. The molecule has 0 radical (unpaired) electrons. The number of fused-ring (bicyclic) bond motifs is 1. The number of aryl methyl sites for hydroxylation is 2. The molecule has 0 unspecified atom stereocenters. The van der Waals surface area contributed by atoms with E-state index in [0.29, 0.717) is 11.4 Å². The zero-order chi connectivity index (χ0) is 26.2. The molecule has 0 atom stereocenters. The Labute approximate surface area is 217 Å². The molecule has 7 nitrogen and oxygen atoms in total. The molecule has 0 bridgehead atoms. The van der Waals surface area contributed by atoms with Crippen molar-refractivity contribution in [2.24, 2.45) is 7.05 Å². The van der Waals surface area contributed by atoms with Crippen LogP contribution in [0.5, 0.6) is 0 Å². The lowest BCUT2D eigenvalue weighted by molar-refractivity contribution is -0.141. The van der Waals surface area contributed by atoms with Crippen molar-refractivity contribution >= 4 is 11.8 Å². The smallest absolute Gasteiger partial charge is 0.361 e. The van der Waals surface area contributed by atoms with Crippen molar-refractivity contribution in [2.75, 3.05) is 25.4 Å². The van der Waals surface area contributed by atoms with Crippen LogP contribution in [0.15, 0.2) is 46.1 Å². The van der Waals surface area contributed by atoms with Gasteiger partial charge in [0, 0.05) is 55.3 Å². The summed E-state index contributed by atoms with van der Waals surface area (Å²) < 4.78 is 45.9. The van der Waals surface area contributed by atoms with Crippen LogP contribution >= 0.6 is 11.8 Å². The van der Waals surface area contributed by atoms with E-state index in [9.17, 15) is 13.2 Å². The molecule has 0 saturated heterocycles. The number of hydrogen-bond donors (Lipinski definition) is 0. The van der Waals surface area contributed by atoms with Gasteiger partial charge >= 0.3 is 6.18 Å². The summed E-state index contributed by atoms with van der Waals surface area (Å²) in [6.07, 6.45) is -2.51. The highest BCUT2D eigenvalue weighted by Crippen LogP contribution is 2.31. The lowest BCUT2D eigenvalue weighted by atomic mass is 9.99. The van der Waals surface area contributed by atoms with Gasteiger partial charge in [-0.25, -0.2) is 4.98 Å². The van der Waals surface area contributed by atoms with Gasteiger partial charge in [0.15, 0.2) is 11.0 Å². The molecule has 0 saturated carbocycles. The predicted octanol–water partition coefficient (Wildman–Crippen LogP) is 5.36. The molecule has 11 heteroatoms. The molecule has 0 fully saturated rings. The monoisotopic (exact) mass is 528 g/mol. The van der Waals surface area contributed by atoms with Crippen molar-refractivity contribution in [3.05, 3.63) is 64.7 Å². The first-order valence-corrected chi connectivity index (χ1v) is 13.0. The van der Waals surface area contributed by atoms with Crippen LogP contribution in [0, 0.1) is 13.8 Å². The van der Waals surface area contributed by atoms with Gasteiger partial charge in [-0.15, -0.1) is 10.2 Å². The highest BCUT2D eigenvalue weighted by molar-refractivity contribution is 7.99. The molecule has 0 spiro atoms. The number of alkyl halides is 3. The van der Waals surface area contributed by atoms with Gasteiger partial charge in [-0.2, -0.15) is 13.2 Å². The van der Waals surface area contributed by atoms with Gasteiger partial charge in [-0.3, -0.25) is 0 Å². The molecule has 3 aromatic heterocycles. The van der Waals surface area contributed by atoms with Gasteiger partial charge in [0.05, 0.1) is 0 Å². The molecular formula is C26H27F3N6OS. The van der Waals surface area contributed by atoms with E-state index in [1.165, 1.54) is 17.2 Å². The fourth-order valence-electron chi connectivity index (χ4n) is 4.55. The van der Waals surface area contributed by atoms with Crippen LogP contribution in [0.2, 0.25) is 0 Å². The average molecular weight is 529 g/mol. The summed E-state index contributed by atoms with van der Waals surface area (Å²) >= 11 is 1.59. The van der Waals surface area contributed by atoms with E-state index in [4.69, 9.17) is 4.52 Å². The lowest BCUT2D eigenvalue weighted by Gasteiger charge is -2.19. The summed E-state index contributed by atoms with van der Waals surface area (Å²) in [5.41, 5.74) is 4.58. The molecule has 1 aliphatic rings. The van der Waals surface area contributed by atoms with Gasteiger partial charge in [-0.05, 0) is 56.0 Å². The van der Waals surface area contributed by atoms with Crippen molar-refractivity contribution < 1.29 is 17.7 Å². The normalized spacial score (nSPS) is 14.5. The minimum absolute atomic E-state index is 0.271. The second-order valence-corrected chi connectivity index (χ2v) is 10.3. The van der Waals surface area contributed by atoms with Gasteiger partial charge in [0.1, 0.15) is 17.1 Å². The Hall–Kier alpha value is -3.18. The Morgan fingerprint density at radius 1 is 1.00 bits per heavy atom. The van der Waals surface area contributed by atoms with Crippen molar-refractivity contribution in [3.8, 4) is 22.6 Å². The van der Waals surface area contributed by atoms with Crippen molar-refractivity contribution in [2.45, 2.75) is 38.0 Å². The summed E-state index contributed by atoms with van der Waals surface area (Å²) in [6, 6.07) is 10.9. The van der Waals surface area contributed by atoms with Crippen molar-refractivity contribution in [1.82, 2.24) is 29.8 Å². The highest BCUT2D eigenvalue weighted by Gasteiger charge is 2.33. The molecule has 4 heterocycles. The van der Waals surface area contributed by atoms with E-state index in [1.54, 1.807) is 18.7 Å². The van der Waals surface area contributed by atoms with Gasteiger partial charge in [0.25, 0.3) is 0 Å². The second-order valence-electron chi connectivity index (χ2n) is 9.19. The molecule has 1 aliphatic heterocycles. The summed E-state index contributed by atoms with van der Waals surface area (Å²) in [7, 11) is 1.82. The number of aromatic nitrogens is 5. The molecule has 37 heavy (non-hydrogen) atoms. The molecule has 0 aliphatic carbocycles. The fourth-order valence-corrected chi connectivity index (χ4v) is 5.46. The van der Waals surface area contributed by atoms with Crippen LogP contribution in [0.4, 0.5) is 13.2 Å². The van der Waals surface area contributed by atoms with E-state index in [2.05, 4.69) is 43.4 Å². The Kier molecular flexibility index (Phi) is 7.09. The second kappa shape index (κ2) is 10.3. The van der Waals surface area contributed by atoms with E-state index in [1.807, 2.05) is 24.6 Å². The number of halogens is 3. The lowest BCUT2D eigenvalue weighted by Crippen LogP contribution is -2.28. The van der Waals surface area contributed by atoms with Crippen molar-refractivity contribution in [1.29, 1.82) is 0 Å². The summed E-state index contributed by atoms with van der Waals surface area (Å²) in [4.78, 5) is 6.17. The number of benzene rings is 1. The van der Waals surface area contributed by atoms with Gasteiger partial charge in [-0.1, -0.05) is 29.1 Å². The Balaban J connectivity index is 1.19. The molecular weight excluding hydrogens is 501 g/mol. The minimum Gasteiger partial charge on any atom is -0.361 e. The highest BCUT2D eigenvalue weighted by atomic mass is 32.2. The maximum atomic E-state index is 13.0. The van der Waals surface area contributed by atoms with Crippen LogP contribution < -0.4 is 0 Å². The first kappa shape index (κ1) is 25.5.